The lowest BCUT2D eigenvalue weighted by atomic mass is 10.1. The summed E-state index contributed by atoms with van der Waals surface area (Å²) in [5.74, 6) is -0.736. The molecule has 7 heteroatoms. The van der Waals surface area contributed by atoms with Crippen LogP contribution in [0.1, 0.15) is 11.6 Å². The molecule has 1 rings (SSSR count). The van der Waals surface area contributed by atoms with Crippen molar-refractivity contribution in [2.24, 2.45) is 0 Å². The van der Waals surface area contributed by atoms with E-state index in [-0.39, 0.29) is 5.56 Å². The highest BCUT2D eigenvalue weighted by molar-refractivity contribution is 9.10. The molecule has 1 aromatic rings. The van der Waals surface area contributed by atoms with Gasteiger partial charge in [-0.1, -0.05) is 22.0 Å². The third-order valence-corrected chi connectivity index (χ3v) is 2.40. The van der Waals surface area contributed by atoms with Crippen LogP contribution in [0.3, 0.4) is 0 Å². The van der Waals surface area contributed by atoms with E-state index in [1.165, 1.54) is 12.1 Å². The zero-order valence-electron chi connectivity index (χ0n) is 8.35. The highest BCUT2D eigenvalue weighted by Gasteiger charge is 2.29. The second-order valence-corrected chi connectivity index (χ2v) is 4.14. The summed E-state index contributed by atoms with van der Waals surface area (Å²) in [6.45, 7) is -1.35. The van der Waals surface area contributed by atoms with Gasteiger partial charge in [-0.3, -0.25) is 5.32 Å². The molecule has 0 bridgehead atoms. The number of alkyl halides is 3. The van der Waals surface area contributed by atoms with Gasteiger partial charge >= 0.3 is 6.18 Å². The molecule has 0 radical (unpaired) electrons. The number of benzene rings is 1. The van der Waals surface area contributed by atoms with Gasteiger partial charge in [0.15, 0.2) is 0 Å². The average molecular weight is 311 g/mol. The lowest BCUT2D eigenvalue weighted by Crippen LogP contribution is -2.31. The Hall–Kier alpha value is -1.13. The Morgan fingerprint density at radius 2 is 2.06 bits per heavy atom. The molecule has 92 valence electrons. The van der Waals surface area contributed by atoms with Crippen molar-refractivity contribution in [2.45, 2.75) is 12.2 Å². The van der Waals surface area contributed by atoms with Crippen molar-refractivity contribution in [1.82, 2.24) is 5.32 Å². The second kappa shape index (κ2) is 5.47. The summed E-state index contributed by atoms with van der Waals surface area (Å²) >= 11 is 3.01. The molecular formula is C10H7BrF4N2. The van der Waals surface area contributed by atoms with Crippen molar-refractivity contribution < 1.29 is 17.6 Å². The first-order valence-electron chi connectivity index (χ1n) is 4.48. The lowest BCUT2D eigenvalue weighted by molar-refractivity contribution is -0.125. The maximum absolute atomic E-state index is 13.4. The number of nitrogens with one attached hydrogen (secondary N) is 1. The summed E-state index contributed by atoms with van der Waals surface area (Å²) in [7, 11) is 0. The van der Waals surface area contributed by atoms with Crippen molar-refractivity contribution in [3.63, 3.8) is 0 Å². The summed E-state index contributed by atoms with van der Waals surface area (Å²) in [5.41, 5.74) is -0.111. The van der Waals surface area contributed by atoms with Crippen LogP contribution in [0.25, 0.3) is 0 Å². The zero-order valence-corrected chi connectivity index (χ0v) is 9.94. The molecule has 0 heterocycles. The van der Waals surface area contributed by atoms with E-state index in [0.29, 0.717) is 4.47 Å². The van der Waals surface area contributed by atoms with E-state index in [0.717, 1.165) is 6.07 Å². The topological polar surface area (TPSA) is 35.8 Å². The van der Waals surface area contributed by atoms with Crippen LogP contribution in [-0.4, -0.2) is 12.7 Å². The molecule has 0 amide bonds. The van der Waals surface area contributed by atoms with Gasteiger partial charge in [0.1, 0.15) is 11.9 Å². The van der Waals surface area contributed by atoms with E-state index < -0.39 is 24.6 Å². The molecule has 1 aromatic carbocycles. The summed E-state index contributed by atoms with van der Waals surface area (Å²) in [4.78, 5) is 0. The van der Waals surface area contributed by atoms with Crippen LogP contribution in [-0.2, 0) is 0 Å². The predicted octanol–water partition coefficient (Wildman–Crippen LogP) is 3.30. The zero-order chi connectivity index (χ0) is 13.1. The van der Waals surface area contributed by atoms with E-state index in [1.54, 1.807) is 6.07 Å². The Morgan fingerprint density at radius 3 is 2.53 bits per heavy atom. The number of hydrogen-bond acceptors (Lipinski definition) is 2. The number of nitrogens with zero attached hydrogens (tertiary/aromatic N) is 1. The first kappa shape index (κ1) is 13.9. The van der Waals surface area contributed by atoms with Gasteiger partial charge in [0, 0.05) is 10.0 Å². The normalized spacial score (nSPS) is 13.2. The molecular weight excluding hydrogens is 304 g/mol. The van der Waals surface area contributed by atoms with E-state index in [2.05, 4.69) is 15.9 Å². The van der Waals surface area contributed by atoms with Gasteiger partial charge in [0.2, 0.25) is 0 Å². The van der Waals surface area contributed by atoms with Gasteiger partial charge in [-0.15, -0.1) is 0 Å². The van der Waals surface area contributed by atoms with Crippen molar-refractivity contribution in [1.29, 1.82) is 5.26 Å². The number of rotatable bonds is 3. The fourth-order valence-electron chi connectivity index (χ4n) is 1.18. The van der Waals surface area contributed by atoms with E-state index in [9.17, 15) is 17.6 Å². The monoisotopic (exact) mass is 310 g/mol. The molecule has 0 saturated carbocycles. The Balaban J connectivity index is 2.84. The molecule has 0 aliphatic rings. The standard InChI is InChI=1S/C10H7BrF4N2/c11-6-1-2-7(8(12)3-6)9(4-16)17-5-10(13,14)15/h1-3,9,17H,5H2. The molecule has 17 heavy (non-hydrogen) atoms. The van der Waals surface area contributed by atoms with Crippen molar-refractivity contribution in [3.8, 4) is 6.07 Å². The largest absolute Gasteiger partial charge is 0.401 e. The number of halogens is 5. The van der Waals surface area contributed by atoms with E-state index in [1.807, 2.05) is 5.32 Å². The quantitative estimate of drug-likeness (QED) is 0.870. The van der Waals surface area contributed by atoms with Crippen LogP contribution >= 0.6 is 15.9 Å². The third kappa shape index (κ3) is 4.32. The van der Waals surface area contributed by atoms with Gasteiger partial charge in [-0.25, -0.2) is 4.39 Å². The van der Waals surface area contributed by atoms with Crippen LogP contribution in [0.5, 0.6) is 0 Å². The van der Waals surface area contributed by atoms with Crippen LogP contribution in [0.2, 0.25) is 0 Å². The number of nitriles is 1. The average Bonchev–Trinajstić information content (AvgIpc) is 2.19. The molecule has 1 atom stereocenters. The fraction of sp³-hybridized carbons (Fsp3) is 0.300. The fourth-order valence-corrected chi connectivity index (χ4v) is 1.51. The van der Waals surface area contributed by atoms with Crippen molar-refractivity contribution >= 4 is 15.9 Å². The maximum atomic E-state index is 13.4. The lowest BCUT2D eigenvalue weighted by Gasteiger charge is -2.14. The van der Waals surface area contributed by atoms with Gasteiger partial charge in [-0.2, -0.15) is 18.4 Å². The number of hydrogen-bond donors (Lipinski definition) is 1. The summed E-state index contributed by atoms with van der Waals surface area (Å²) < 4.78 is 49.7. The predicted molar refractivity (Wildman–Crippen MR) is 56.5 cm³/mol. The first-order valence-corrected chi connectivity index (χ1v) is 5.27. The van der Waals surface area contributed by atoms with Crippen LogP contribution < -0.4 is 5.32 Å². The summed E-state index contributed by atoms with van der Waals surface area (Å²) in [6.07, 6.45) is -4.44. The molecule has 0 aliphatic heterocycles. The minimum Gasteiger partial charge on any atom is -0.290 e. The van der Waals surface area contributed by atoms with Crippen molar-refractivity contribution in [3.05, 3.63) is 34.1 Å². The Morgan fingerprint density at radius 1 is 1.41 bits per heavy atom. The summed E-state index contributed by atoms with van der Waals surface area (Å²) in [5, 5.41) is 10.7. The molecule has 0 saturated heterocycles. The maximum Gasteiger partial charge on any atom is 0.401 e. The van der Waals surface area contributed by atoms with Gasteiger partial charge < -0.3 is 0 Å². The first-order chi connectivity index (χ1) is 7.83. The van der Waals surface area contributed by atoms with Gasteiger partial charge in [-0.05, 0) is 12.1 Å². The Kier molecular flexibility index (Phi) is 4.48. The van der Waals surface area contributed by atoms with Gasteiger partial charge in [0.05, 0.1) is 12.6 Å². The second-order valence-electron chi connectivity index (χ2n) is 3.22. The molecule has 0 spiro atoms. The Bertz CT molecular complexity index is 439. The molecule has 0 aliphatic carbocycles. The highest BCUT2D eigenvalue weighted by Crippen LogP contribution is 2.22. The highest BCUT2D eigenvalue weighted by atomic mass is 79.9. The molecule has 0 aromatic heterocycles. The molecule has 2 nitrogen and oxygen atoms in total. The molecule has 1 N–H and O–H groups in total. The molecule has 1 unspecified atom stereocenters. The minimum absolute atomic E-state index is 0.111. The van der Waals surface area contributed by atoms with E-state index in [4.69, 9.17) is 5.26 Å². The van der Waals surface area contributed by atoms with Crippen molar-refractivity contribution in [2.75, 3.05) is 6.54 Å². The SMILES string of the molecule is N#CC(NCC(F)(F)F)c1ccc(Br)cc1F. The molecule has 0 fully saturated rings. The third-order valence-electron chi connectivity index (χ3n) is 1.91. The minimum atomic E-state index is -4.44. The van der Waals surface area contributed by atoms with Gasteiger partial charge in [0.25, 0.3) is 0 Å². The van der Waals surface area contributed by atoms with E-state index >= 15 is 0 Å². The summed E-state index contributed by atoms with van der Waals surface area (Å²) in [6, 6.07) is 4.07. The van der Waals surface area contributed by atoms with Crippen LogP contribution in [0.15, 0.2) is 22.7 Å². The van der Waals surface area contributed by atoms with Crippen LogP contribution in [0.4, 0.5) is 17.6 Å². The smallest absolute Gasteiger partial charge is 0.290 e. The van der Waals surface area contributed by atoms with Crippen LogP contribution in [0, 0.1) is 17.1 Å². The Labute approximate surface area is 103 Å².